The van der Waals surface area contributed by atoms with Gasteiger partial charge in [0, 0.05) is 23.8 Å². The maximum Gasteiger partial charge on any atom is 0.148 e. The Bertz CT molecular complexity index is 765. The van der Waals surface area contributed by atoms with Crippen molar-refractivity contribution in [1.82, 2.24) is 4.98 Å². The number of hydrogen-bond acceptors (Lipinski definition) is 2. The summed E-state index contributed by atoms with van der Waals surface area (Å²) in [4.78, 5) is 2.93. The Kier molecular flexibility index (Phi) is 3.62. The summed E-state index contributed by atoms with van der Waals surface area (Å²) >= 11 is 0. The van der Waals surface area contributed by atoms with Crippen molar-refractivity contribution in [2.45, 2.75) is 6.42 Å². The van der Waals surface area contributed by atoms with E-state index in [1.165, 1.54) is 6.07 Å². The van der Waals surface area contributed by atoms with Crippen LogP contribution in [0, 0.1) is 5.82 Å². The van der Waals surface area contributed by atoms with E-state index in [9.17, 15) is 4.39 Å². The van der Waals surface area contributed by atoms with Crippen LogP contribution < -0.4 is 4.74 Å². The van der Waals surface area contributed by atoms with Gasteiger partial charge in [0.25, 0.3) is 0 Å². The van der Waals surface area contributed by atoms with Gasteiger partial charge in [-0.25, -0.2) is 4.39 Å². The van der Waals surface area contributed by atoms with E-state index in [1.807, 2.05) is 30.3 Å². The second-order valence-corrected chi connectivity index (χ2v) is 4.84. The molecule has 2 aromatic carbocycles. The molecule has 0 spiro atoms. The fourth-order valence-corrected chi connectivity index (χ4v) is 2.67. The van der Waals surface area contributed by atoms with E-state index in [-0.39, 0.29) is 12.4 Å². The molecule has 3 nitrogen and oxygen atoms in total. The molecule has 0 saturated carbocycles. The fourth-order valence-electron chi connectivity index (χ4n) is 2.67. The number of fused-ring (bicyclic) bond motifs is 1. The van der Waals surface area contributed by atoms with Crippen molar-refractivity contribution in [3.63, 3.8) is 0 Å². The summed E-state index contributed by atoms with van der Waals surface area (Å²) in [5.41, 5.74) is 2.87. The third-order valence-corrected chi connectivity index (χ3v) is 3.61. The maximum atomic E-state index is 14.4. The zero-order valence-corrected chi connectivity index (χ0v) is 11.7. The molecule has 0 atom stereocenters. The first kappa shape index (κ1) is 13.6. The lowest BCUT2D eigenvalue weighted by atomic mass is 9.99. The van der Waals surface area contributed by atoms with E-state index in [4.69, 9.17) is 9.84 Å². The van der Waals surface area contributed by atoms with Crippen LogP contribution in [0.1, 0.15) is 5.56 Å². The molecule has 0 saturated heterocycles. The molecule has 0 aliphatic rings. The number of benzene rings is 2. The molecule has 2 N–H and O–H groups in total. The highest BCUT2D eigenvalue weighted by Crippen LogP contribution is 2.39. The van der Waals surface area contributed by atoms with Crippen molar-refractivity contribution in [1.29, 1.82) is 0 Å². The lowest BCUT2D eigenvalue weighted by Gasteiger charge is -2.12. The molecule has 108 valence electrons. The molecule has 3 rings (SSSR count). The molecule has 0 bridgehead atoms. The lowest BCUT2D eigenvalue weighted by molar-refractivity contribution is 0.300. The number of rotatable bonds is 4. The Morgan fingerprint density at radius 2 is 2.00 bits per heavy atom. The summed E-state index contributed by atoms with van der Waals surface area (Å²) in [5.74, 6) is 0.302. The first-order chi connectivity index (χ1) is 10.3. The molecular formula is C17H16FNO2. The van der Waals surface area contributed by atoms with Crippen LogP contribution in [0.15, 0.2) is 42.6 Å². The SMILES string of the molecule is COc1c(-c2ccccc2)cc(F)c2[nH]cc(CCO)c12. The molecule has 4 heteroatoms. The Hall–Kier alpha value is -2.33. The number of aromatic nitrogens is 1. The third-order valence-electron chi connectivity index (χ3n) is 3.61. The van der Waals surface area contributed by atoms with Crippen molar-refractivity contribution in [2.75, 3.05) is 13.7 Å². The van der Waals surface area contributed by atoms with Gasteiger partial charge in [0.1, 0.15) is 11.6 Å². The third kappa shape index (κ3) is 2.28. The van der Waals surface area contributed by atoms with E-state index in [2.05, 4.69) is 4.98 Å². The van der Waals surface area contributed by atoms with Gasteiger partial charge in [0.15, 0.2) is 0 Å². The molecule has 0 aliphatic carbocycles. The standard InChI is InChI=1S/C17H16FNO2/c1-21-17-13(11-5-3-2-4-6-11)9-14(18)16-15(17)12(7-8-20)10-19-16/h2-6,9-10,19-20H,7-8H2,1H3. The Balaban J connectivity index is 2.33. The summed E-state index contributed by atoms with van der Waals surface area (Å²) < 4.78 is 19.9. The molecule has 0 radical (unpaired) electrons. The minimum atomic E-state index is -0.325. The monoisotopic (exact) mass is 285 g/mol. The summed E-state index contributed by atoms with van der Waals surface area (Å²) in [5, 5.41) is 9.87. The van der Waals surface area contributed by atoms with Crippen LogP contribution in [0.5, 0.6) is 5.75 Å². The molecule has 1 aromatic heterocycles. The van der Waals surface area contributed by atoms with Gasteiger partial charge in [-0.05, 0) is 23.6 Å². The van der Waals surface area contributed by atoms with E-state index >= 15 is 0 Å². The van der Waals surface area contributed by atoms with Crippen LogP contribution in [0.4, 0.5) is 4.39 Å². The van der Waals surface area contributed by atoms with E-state index in [0.29, 0.717) is 28.6 Å². The molecule has 0 fully saturated rings. The lowest BCUT2D eigenvalue weighted by Crippen LogP contribution is -1.95. The Morgan fingerprint density at radius 3 is 2.67 bits per heavy atom. The number of nitrogens with one attached hydrogen (secondary N) is 1. The minimum Gasteiger partial charge on any atom is -0.495 e. The largest absolute Gasteiger partial charge is 0.495 e. The molecule has 0 amide bonds. The molecule has 1 heterocycles. The number of aromatic amines is 1. The van der Waals surface area contributed by atoms with E-state index in [1.54, 1.807) is 13.3 Å². The molecule has 21 heavy (non-hydrogen) atoms. The second-order valence-electron chi connectivity index (χ2n) is 4.84. The minimum absolute atomic E-state index is 0.00723. The zero-order chi connectivity index (χ0) is 14.8. The van der Waals surface area contributed by atoms with Crippen LogP contribution in [0.25, 0.3) is 22.0 Å². The molecule has 0 unspecified atom stereocenters. The number of halogens is 1. The van der Waals surface area contributed by atoms with Crippen LogP contribution in [-0.2, 0) is 6.42 Å². The number of ether oxygens (including phenoxy) is 1. The summed E-state index contributed by atoms with van der Waals surface area (Å²) in [6.07, 6.45) is 2.18. The number of aliphatic hydroxyl groups excluding tert-OH is 1. The average molecular weight is 285 g/mol. The zero-order valence-electron chi connectivity index (χ0n) is 11.7. The smallest absolute Gasteiger partial charge is 0.148 e. The Morgan fingerprint density at radius 1 is 1.24 bits per heavy atom. The average Bonchev–Trinajstić information content (AvgIpc) is 2.93. The highest BCUT2D eigenvalue weighted by Gasteiger charge is 2.18. The van der Waals surface area contributed by atoms with Gasteiger partial charge in [-0.2, -0.15) is 0 Å². The van der Waals surface area contributed by atoms with Gasteiger partial charge < -0.3 is 14.8 Å². The first-order valence-corrected chi connectivity index (χ1v) is 6.79. The van der Waals surface area contributed by atoms with Crippen molar-refractivity contribution in [3.8, 4) is 16.9 Å². The number of H-pyrrole nitrogens is 1. The highest BCUT2D eigenvalue weighted by molar-refractivity contribution is 5.96. The van der Waals surface area contributed by atoms with E-state index < -0.39 is 0 Å². The van der Waals surface area contributed by atoms with Crippen LogP contribution in [0.2, 0.25) is 0 Å². The van der Waals surface area contributed by atoms with Crippen molar-refractivity contribution in [3.05, 3.63) is 54.0 Å². The van der Waals surface area contributed by atoms with Gasteiger partial charge in [0.2, 0.25) is 0 Å². The van der Waals surface area contributed by atoms with Gasteiger partial charge in [-0.15, -0.1) is 0 Å². The van der Waals surface area contributed by atoms with E-state index in [0.717, 1.165) is 11.1 Å². The van der Waals surface area contributed by atoms with Crippen LogP contribution >= 0.6 is 0 Å². The predicted molar refractivity (Wildman–Crippen MR) is 81.0 cm³/mol. The van der Waals surface area contributed by atoms with Crippen molar-refractivity contribution < 1.29 is 14.2 Å². The molecule has 3 aromatic rings. The van der Waals surface area contributed by atoms with Gasteiger partial charge >= 0.3 is 0 Å². The number of aliphatic hydroxyl groups is 1. The normalized spacial score (nSPS) is 11.0. The molecule has 0 aliphatic heterocycles. The highest BCUT2D eigenvalue weighted by atomic mass is 19.1. The summed E-state index contributed by atoms with van der Waals surface area (Å²) in [7, 11) is 1.58. The number of methoxy groups -OCH3 is 1. The predicted octanol–water partition coefficient (Wildman–Crippen LogP) is 3.52. The van der Waals surface area contributed by atoms with Gasteiger partial charge in [-0.3, -0.25) is 0 Å². The topological polar surface area (TPSA) is 45.2 Å². The van der Waals surface area contributed by atoms with Crippen LogP contribution in [0.3, 0.4) is 0 Å². The fraction of sp³-hybridized carbons (Fsp3) is 0.176. The van der Waals surface area contributed by atoms with Gasteiger partial charge in [0.05, 0.1) is 12.6 Å². The maximum absolute atomic E-state index is 14.4. The molecular weight excluding hydrogens is 269 g/mol. The summed E-state index contributed by atoms with van der Waals surface area (Å²) in [6, 6.07) is 11.0. The summed E-state index contributed by atoms with van der Waals surface area (Å²) in [6.45, 7) is 0.00723. The number of hydrogen-bond donors (Lipinski definition) is 2. The van der Waals surface area contributed by atoms with Crippen molar-refractivity contribution in [2.24, 2.45) is 0 Å². The van der Waals surface area contributed by atoms with Crippen LogP contribution in [-0.4, -0.2) is 23.8 Å². The Labute approximate surface area is 122 Å². The quantitative estimate of drug-likeness (QED) is 0.770. The second kappa shape index (κ2) is 5.58. The first-order valence-electron chi connectivity index (χ1n) is 6.79. The van der Waals surface area contributed by atoms with Gasteiger partial charge in [-0.1, -0.05) is 30.3 Å². The van der Waals surface area contributed by atoms with Crippen molar-refractivity contribution >= 4 is 10.9 Å².